The number of aliphatic hydroxyl groups excluding tert-OH is 1. The predicted octanol–water partition coefficient (Wildman–Crippen LogP) is 2.69. The van der Waals surface area contributed by atoms with Gasteiger partial charge in [0.2, 0.25) is 0 Å². The predicted molar refractivity (Wildman–Crippen MR) is 129 cm³/mol. The smallest absolute Gasteiger partial charge is 0.252 e. The summed E-state index contributed by atoms with van der Waals surface area (Å²) >= 11 is 0. The SMILES string of the molecule is O=C1NCC=C2c3c(cc(F)cc31)NC(c1ccc(CN3CCC3)cc1)C2c1ncnn1CCO. The van der Waals surface area contributed by atoms with E-state index < -0.39 is 5.82 Å². The molecular formula is C26H27FN6O2. The van der Waals surface area contributed by atoms with Crippen LogP contribution in [0.15, 0.2) is 48.8 Å². The molecule has 3 aliphatic rings. The molecule has 4 heterocycles. The molecule has 0 aliphatic carbocycles. The molecule has 1 aromatic heterocycles. The van der Waals surface area contributed by atoms with E-state index in [9.17, 15) is 14.3 Å². The molecule has 0 bridgehead atoms. The van der Waals surface area contributed by atoms with Crippen molar-refractivity contribution in [1.82, 2.24) is 25.0 Å². The first-order valence-corrected chi connectivity index (χ1v) is 12.0. The quantitative estimate of drug-likeness (QED) is 0.509. The molecule has 1 amide bonds. The summed E-state index contributed by atoms with van der Waals surface area (Å²) in [4.78, 5) is 19.7. The number of nitrogens with one attached hydrogen (secondary N) is 2. The van der Waals surface area contributed by atoms with Gasteiger partial charge in [0.05, 0.1) is 30.7 Å². The van der Waals surface area contributed by atoms with Crippen LogP contribution >= 0.6 is 0 Å². The highest BCUT2D eigenvalue weighted by molar-refractivity contribution is 6.04. The number of likely N-dealkylation sites (tertiary alicyclic amines) is 1. The van der Waals surface area contributed by atoms with Crippen molar-refractivity contribution in [2.45, 2.75) is 31.5 Å². The summed E-state index contributed by atoms with van der Waals surface area (Å²) in [6.07, 6.45) is 4.73. The molecule has 3 aromatic rings. The highest BCUT2D eigenvalue weighted by atomic mass is 19.1. The number of hydrogen-bond acceptors (Lipinski definition) is 6. The maximum absolute atomic E-state index is 14.6. The average Bonchev–Trinajstić information content (AvgIpc) is 3.21. The van der Waals surface area contributed by atoms with Gasteiger partial charge in [-0.25, -0.2) is 14.1 Å². The Bertz CT molecular complexity index is 1300. The van der Waals surface area contributed by atoms with Crippen molar-refractivity contribution < 1.29 is 14.3 Å². The number of nitrogens with zero attached hydrogens (tertiary/aromatic N) is 4. The molecular weight excluding hydrogens is 447 g/mol. The molecule has 0 radical (unpaired) electrons. The van der Waals surface area contributed by atoms with Crippen molar-refractivity contribution in [2.24, 2.45) is 0 Å². The molecule has 6 rings (SSSR count). The van der Waals surface area contributed by atoms with Gasteiger partial charge in [-0.2, -0.15) is 5.10 Å². The normalized spacial score (nSPS) is 21.3. The number of carbonyl (C=O) groups is 1. The van der Waals surface area contributed by atoms with Crippen LogP contribution < -0.4 is 10.6 Å². The van der Waals surface area contributed by atoms with E-state index in [4.69, 9.17) is 0 Å². The van der Waals surface area contributed by atoms with E-state index in [2.05, 4.69) is 49.9 Å². The van der Waals surface area contributed by atoms with E-state index in [1.807, 2.05) is 6.08 Å². The number of anilines is 1. The summed E-state index contributed by atoms with van der Waals surface area (Å²) in [7, 11) is 0. The number of benzene rings is 2. The number of hydrogen-bond donors (Lipinski definition) is 3. The lowest BCUT2D eigenvalue weighted by atomic mass is 9.77. The van der Waals surface area contributed by atoms with E-state index in [0.717, 1.165) is 30.8 Å². The van der Waals surface area contributed by atoms with Crippen molar-refractivity contribution in [3.63, 3.8) is 0 Å². The third kappa shape index (κ3) is 3.90. The number of halogens is 1. The second-order valence-electron chi connectivity index (χ2n) is 9.28. The molecule has 2 aromatic carbocycles. The van der Waals surface area contributed by atoms with E-state index in [1.54, 1.807) is 4.68 Å². The average molecular weight is 475 g/mol. The minimum Gasteiger partial charge on any atom is -0.394 e. The third-order valence-corrected chi connectivity index (χ3v) is 7.13. The molecule has 0 spiro atoms. The van der Waals surface area contributed by atoms with Gasteiger partial charge >= 0.3 is 0 Å². The largest absolute Gasteiger partial charge is 0.394 e. The Morgan fingerprint density at radius 2 is 2.00 bits per heavy atom. The van der Waals surface area contributed by atoms with Gasteiger partial charge in [-0.15, -0.1) is 0 Å². The second kappa shape index (κ2) is 8.90. The van der Waals surface area contributed by atoms with Gasteiger partial charge in [0, 0.05) is 24.3 Å². The summed E-state index contributed by atoms with van der Waals surface area (Å²) in [6, 6.07) is 11.0. The van der Waals surface area contributed by atoms with Crippen LogP contribution in [-0.4, -0.2) is 56.9 Å². The van der Waals surface area contributed by atoms with Crippen molar-refractivity contribution in [3.05, 3.63) is 82.7 Å². The van der Waals surface area contributed by atoms with Crippen LogP contribution in [-0.2, 0) is 13.1 Å². The monoisotopic (exact) mass is 474 g/mol. The molecule has 8 nitrogen and oxygen atoms in total. The Kier molecular flexibility index (Phi) is 5.58. The minimum absolute atomic E-state index is 0.0709. The fourth-order valence-corrected chi connectivity index (χ4v) is 5.35. The summed E-state index contributed by atoms with van der Waals surface area (Å²) in [5.41, 5.74) is 4.76. The molecule has 180 valence electrons. The molecule has 3 aliphatic heterocycles. The zero-order valence-electron chi connectivity index (χ0n) is 19.2. The van der Waals surface area contributed by atoms with Crippen molar-refractivity contribution in [2.75, 3.05) is 31.6 Å². The van der Waals surface area contributed by atoms with Gasteiger partial charge in [0.25, 0.3) is 5.91 Å². The zero-order chi connectivity index (χ0) is 23.9. The fourth-order valence-electron chi connectivity index (χ4n) is 5.35. The number of rotatable bonds is 6. The zero-order valence-corrected chi connectivity index (χ0v) is 19.2. The number of aliphatic hydroxyl groups is 1. The van der Waals surface area contributed by atoms with E-state index in [0.29, 0.717) is 35.7 Å². The van der Waals surface area contributed by atoms with Crippen LogP contribution in [0.1, 0.15) is 51.3 Å². The van der Waals surface area contributed by atoms with Gasteiger partial charge in [0.1, 0.15) is 18.0 Å². The lowest BCUT2D eigenvalue weighted by Gasteiger charge is -2.37. The standard InChI is InChI=1S/C26H27FN6O2/c27-18-12-20-22-19(6-7-28-26(20)35)23(25-29-15-30-33(25)10-11-34)24(31-21(22)13-18)17-4-2-16(3-5-17)14-32-8-1-9-32/h2-6,12-13,15,23-24,31,34H,1,7-11,14H2,(H,28,35). The Balaban J connectivity index is 1.48. The van der Waals surface area contributed by atoms with E-state index in [-0.39, 0.29) is 24.5 Å². The first kappa shape index (κ1) is 21.9. The molecule has 1 saturated heterocycles. The Morgan fingerprint density at radius 1 is 1.17 bits per heavy atom. The van der Waals surface area contributed by atoms with Crippen LogP contribution in [0.3, 0.4) is 0 Å². The van der Waals surface area contributed by atoms with Crippen LogP contribution in [0.25, 0.3) is 5.57 Å². The summed E-state index contributed by atoms with van der Waals surface area (Å²) < 4.78 is 16.3. The first-order valence-electron chi connectivity index (χ1n) is 12.0. The summed E-state index contributed by atoms with van der Waals surface area (Å²) in [5, 5.41) is 20.3. The van der Waals surface area contributed by atoms with Gasteiger partial charge in [-0.1, -0.05) is 30.3 Å². The third-order valence-electron chi connectivity index (χ3n) is 7.13. The Labute approximate surface area is 202 Å². The van der Waals surface area contributed by atoms with Crippen molar-refractivity contribution in [1.29, 1.82) is 0 Å². The summed E-state index contributed by atoms with van der Waals surface area (Å²) in [5.74, 6) is -0.385. The topological polar surface area (TPSA) is 95.3 Å². The van der Waals surface area contributed by atoms with Gasteiger partial charge in [0.15, 0.2) is 0 Å². The highest BCUT2D eigenvalue weighted by Gasteiger charge is 2.40. The Hall–Kier alpha value is -3.56. The molecule has 3 N–H and O–H groups in total. The molecule has 2 unspecified atom stereocenters. The summed E-state index contributed by atoms with van der Waals surface area (Å²) in [6.45, 7) is 3.78. The molecule has 0 saturated carbocycles. The van der Waals surface area contributed by atoms with Gasteiger partial charge in [-0.3, -0.25) is 9.69 Å². The van der Waals surface area contributed by atoms with Gasteiger partial charge < -0.3 is 15.7 Å². The maximum Gasteiger partial charge on any atom is 0.252 e. The fraction of sp³-hybridized carbons (Fsp3) is 0.346. The first-order chi connectivity index (χ1) is 17.1. The van der Waals surface area contributed by atoms with Crippen molar-refractivity contribution in [3.8, 4) is 0 Å². The molecule has 1 fully saturated rings. The van der Waals surface area contributed by atoms with E-state index in [1.165, 1.54) is 30.4 Å². The minimum atomic E-state index is -0.465. The van der Waals surface area contributed by atoms with Crippen LogP contribution in [0.4, 0.5) is 10.1 Å². The second-order valence-corrected chi connectivity index (χ2v) is 9.28. The van der Waals surface area contributed by atoms with Crippen molar-refractivity contribution >= 4 is 17.2 Å². The lowest BCUT2D eigenvalue weighted by molar-refractivity contribution is 0.0958. The number of carbonyl (C=O) groups excluding carboxylic acids is 1. The maximum atomic E-state index is 14.6. The van der Waals surface area contributed by atoms with Crippen LogP contribution in [0, 0.1) is 5.82 Å². The number of amides is 1. The molecule has 9 heteroatoms. The highest BCUT2D eigenvalue weighted by Crippen LogP contribution is 2.50. The number of aromatic nitrogens is 3. The molecule has 35 heavy (non-hydrogen) atoms. The lowest BCUT2D eigenvalue weighted by Crippen LogP contribution is -2.36. The van der Waals surface area contributed by atoms with Crippen LogP contribution in [0.5, 0.6) is 0 Å². The Morgan fingerprint density at radius 3 is 2.74 bits per heavy atom. The van der Waals surface area contributed by atoms with Crippen LogP contribution in [0.2, 0.25) is 0 Å². The molecule has 2 atom stereocenters. The van der Waals surface area contributed by atoms with Gasteiger partial charge in [-0.05, 0) is 48.3 Å². The van der Waals surface area contributed by atoms with E-state index >= 15 is 0 Å².